The van der Waals surface area contributed by atoms with E-state index >= 15 is 0 Å². The Balaban J connectivity index is 2.33. The highest BCUT2D eigenvalue weighted by atomic mass is 32.1. The molecule has 0 saturated heterocycles. The van der Waals surface area contributed by atoms with Gasteiger partial charge in [0.05, 0.1) is 17.1 Å². The first kappa shape index (κ1) is 14.8. The van der Waals surface area contributed by atoms with Gasteiger partial charge >= 0.3 is 5.97 Å². The number of rotatable bonds is 4. The Hall–Kier alpha value is -1.60. The number of carboxylic acid groups (broad SMARTS) is 1. The minimum Gasteiger partial charge on any atom is -0.477 e. The molecule has 0 aliphatic heterocycles. The van der Waals surface area contributed by atoms with Crippen molar-refractivity contribution in [2.45, 2.75) is 32.6 Å². The Morgan fingerprint density at radius 2 is 2.05 bits per heavy atom. The molecule has 0 saturated carbocycles. The number of carbonyl (C=O) groups is 2. The summed E-state index contributed by atoms with van der Waals surface area (Å²) in [6, 6.07) is 0. The molecule has 0 aliphatic rings. The first-order chi connectivity index (χ1) is 9.29. The number of thiazole rings is 2. The minimum absolute atomic E-state index is 0.0261. The monoisotopic (exact) mass is 310 g/mol. The third kappa shape index (κ3) is 3.10. The molecule has 0 bridgehead atoms. The van der Waals surface area contributed by atoms with Crippen molar-refractivity contribution in [3.63, 3.8) is 0 Å². The van der Waals surface area contributed by atoms with Crippen LogP contribution in [0.25, 0.3) is 0 Å². The normalized spacial score (nSPS) is 11.6. The summed E-state index contributed by atoms with van der Waals surface area (Å²) < 4.78 is 0. The number of carbonyl (C=O) groups excluding carboxylic acids is 1. The SMILES string of the molecule is CC(C)(C)c1nc(CC(=O)c2nccs2)c(C(=O)O)s1. The largest absolute Gasteiger partial charge is 0.477 e. The number of aromatic nitrogens is 2. The lowest BCUT2D eigenvalue weighted by atomic mass is 9.98. The number of hydrogen-bond donors (Lipinski definition) is 1. The maximum Gasteiger partial charge on any atom is 0.347 e. The number of nitrogens with zero attached hydrogens (tertiary/aromatic N) is 2. The summed E-state index contributed by atoms with van der Waals surface area (Å²) in [4.78, 5) is 31.7. The third-order valence-corrected chi connectivity index (χ3v) is 4.86. The van der Waals surface area contributed by atoms with Gasteiger partial charge in [0.2, 0.25) is 0 Å². The molecule has 20 heavy (non-hydrogen) atoms. The molecule has 0 radical (unpaired) electrons. The molecule has 0 amide bonds. The van der Waals surface area contributed by atoms with Crippen LogP contribution in [0.1, 0.15) is 50.9 Å². The van der Waals surface area contributed by atoms with E-state index in [-0.39, 0.29) is 22.5 Å². The van der Waals surface area contributed by atoms with Crippen molar-refractivity contribution in [2.75, 3.05) is 0 Å². The second kappa shape index (κ2) is 5.41. The molecular weight excluding hydrogens is 296 g/mol. The highest BCUT2D eigenvalue weighted by Crippen LogP contribution is 2.30. The maximum atomic E-state index is 12.0. The third-order valence-electron chi connectivity index (χ3n) is 2.53. The Bertz CT molecular complexity index is 639. The molecule has 0 aromatic carbocycles. The Morgan fingerprint density at radius 1 is 1.35 bits per heavy atom. The Kier molecular flexibility index (Phi) is 4.01. The molecule has 5 nitrogen and oxygen atoms in total. The van der Waals surface area contributed by atoms with Gasteiger partial charge in [-0.15, -0.1) is 22.7 Å². The van der Waals surface area contributed by atoms with E-state index in [1.165, 1.54) is 11.3 Å². The summed E-state index contributed by atoms with van der Waals surface area (Å²) in [5, 5.41) is 12.0. The van der Waals surface area contributed by atoms with E-state index in [2.05, 4.69) is 9.97 Å². The first-order valence-electron chi connectivity index (χ1n) is 5.95. The number of ketones is 1. The summed E-state index contributed by atoms with van der Waals surface area (Å²) in [7, 11) is 0. The lowest BCUT2D eigenvalue weighted by Gasteiger charge is -2.13. The van der Waals surface area contributed by atoms with Crippen molar-refractivity contribution in [3.8, 4) is 0 Å². The summed E-state index contributed by atoms with van der Waals surface area (Å²) >= 11 is 2.38. The molecule has 1 N–H and O–H groups in total. The number of Topliss-reactive ketones (excluding diaryl/α,β-unsaturated/α-hetero) is 1. The van der Waals surface area contributed by atoms with Gasteiger partial charge in [0, 0.05) is 17.0 Å². The smallest absolute Gasteiger partial charge is 0.347 e. The van der Waals surface area contributed by atoms with Gasteiger partial charge in [-0.05, 0) is 0 Å². The quantitative estimate of drug-likeness (QED) is 0.878. The number of aromatic carboxylic acids is 1. The van der Waals surface area contributed by atoms with E-state index in [0.717, 1.165) is 16.3 Å². The zero-order valence-corrected chi connectivity index (χ0v) is 13.0. The fraction of sp³-hybridized carbons (Fsp3) is 0.385. The van der Waals surface area contributed by atoms with E-state index in [9.17, 15) is 14.7 Å². The van der Waals surface area contributed by atoms with Crippen molar-refractivity contribution in [1.82, 2.24) is 9.97 Å². The Morgan fingerprint density at radius 3 is 2.55 bits per heavy atom. The zero-order chi connectivity index (χ0) is 14.9. The van der Waals surface area contributed by atoms with E-state index < -0.39 is 5.97 Å². The van der Waals surface area contributed by atoms with Crippen molar-refractivity contribution in [3.05, 3.63) is 32.2 Å². The summed E-state index contributed by atoms with van der Waals surface area (Å²) in [5.41, 5.74) is 0.0878. The van der Waals surface area contributed by atoms with Crippen LogP contribution in [0, 0.1) is 0 Å². The van der Waals surface area contributed by atoms with Gasteiger partial charge in [-0.25, -0.2) is 14.8 Å². The first-order valence-corrected chi connectivity index (χ1v) is 7.65. The highest BCUT2D eigenvalue weighted by Gasteiger charge is 2.26. The van der Waals surface area contributed by atoms with E-state index in [0.29, 0.717) is 10.7 Å². The second-order valence-corrected chi connectivity index (χ2v) is 7.18. The van der Waals surface area contributed by atoms with Gasteiger partial charge < -0.3 is 5.11 Å². The lowest BCUT2D eigenvalue weighted by Crippen LogP contribution is -2.11. The molecule has 0 fully saturated rings. The highest BCUT2D eigenvalue weighted by molar-refractivity contribution is 7.14. The topological polar surface area (TPSA) is 80.2 Å². The van der Waals surface area contributed by atoms with Crippen molar-refractivity contribution < 1.29 is 14.7 Å². The zero-order valence-electron chi connectivity index (χ0n) is 11.3. The van der Waals surface area contributed by atoms with Crippen LogP contribution in [-0.2, 0) is 11.8 Å². The molecule has 0 spiro atoms. The molecular formula is C13H14N2O3S2. The van der Waals surface area contributed by atoms with Crippen LogP contribution in [0.2, 0.25) is 0 Å². The standard InChI is InChI=1S/C13H14N2O3S2/c1-13(2,3)12-15-7(9(20-12)11(17)18)6-8(16)10-14-4-5-19-10/h4-5H,6H2,1-3H3,(H,17,18). The van der Waals surface area contributed by atoms with Crippen LogP contribution in [0.3, 0.4) is 0 Å². The van der Waals surface area contributed by atoms with Crippen molar-refractivity contribution in [1.29, 1.82) is 0 Å². The minimum atomic E-state index is -1.04. The van der Waals surface area contributed by atoms with Crippen LogP contribution < -0.4 is 0 Å². The maximum absolute atomic E-state index is 12.0. The van der Waals surface area contributed by atoms with Gasteiger partial charge in [0.15, 0.2) is 10.8 Å². The predicted octanol–water partition coefficient (Wildman–Crippen LogP) is 3.02. The molecule has 0 atom stereocenters. The van der Waals surface area contributed by atoms with Crippen molar-refractivity contribution in [2.24, 2.45) is 0 Å². The van der Waals surface area contributed by atoms with Gasteiger partial charge in [-0.1, -0.05) is 20.8 Å². The molecule has 106 valence electrons. The van der Waals surface area contributed by atoms with Gasteiger partial charge in [-0.3, -0.25) is 4.79 Å². The van der Waals surface area contributed by atoms with Crippen LogP contribution in [0.5, 0.6) is 0 Å². The molecule has 2 aromatic rings. The second-order valence-electron chi connectivity index (χ2n) is 5.29. The molecule has 0 aliphatic carbocycles. The fourth-order valence-corrected chi connectivity index (χ4v) is 3.10. The molecule has 2 aromatic heterocycles. The molecule has 0 unspecified atom stereocenters. The fourth-order valence-electron chi connectivity index (χ4n) is 1.55. The van der Waals surface area contributed by atoms with Crippen LogP contribution >= 0.6 is 22.7 Å². The van der Waals surface area contributed by atoms with Gasteiger partial charge in [0.1, 0.15) is 4.88 Å². The average molecular weight is 310 g/mol. The summed E-state index contributed by atoms with van der Waals surface area (Å²) in [6.07, 6.45) is 1.53. The lowest BCUT2D eigenvalue weighted by molar-refractivity contribution is 0.0701. The number of carboxylic acids is 1. The summed E-state index contributed by atoms with van der Waals surface area (Å²) in [5.74, 6) is -1.24. The Labute approximate surface area is 124 Å². The van der Waals surface area contributed by atoms with Gasteiger partial charge in [0.25, 0.3) is 0 Å². The van der Waals surface area contributed by atoms with E-state index in [1.807, 2.05) is 20.8 Å². The van der Waals surface area contributed by atoms with Crippen molar-refractivity contribution >= 4 is 34.4 Å². The summed E-state index contributed by atoms with van der Waals surface area (Å²) in [6.45, 7) is 5.89. The predicted molar refractivity (Wildman–Crippen MR) is 77.9 cm³/mol. The van der Waals surface area contributed by atoms with Crippen LogP contribution in [-0.4, -0.2) is 26.8 Å². The van der Waals surface area contributed by atoms with E-state index in [1.54, 1.807) is 11.6 Å². The van der Waals surface area contributed by atoms with Crippen LogP contribution in [0.4, 0.5) is 0 Å². The molecule has 2 heterocycles. The number of hydrogen-bond acceptors (Lipinski definition) is 6. The van der Waals surface area contributed by atoms with Crippen LogP contribution in [0.15, 0.2) is 11.6 Å². The average Bonchev–Trinajstić information content (AvgIpc) is 2.96. The molecule has 2 rings (SSSR count). The van der Waals surface area contributed by atoms with Gasteiger partial charge in [-0.2, -0.15) is 0 Å². The van der Waals surface area contributed by atoms with E-state index in [4.69, 9.17) is 0 Å². The molecule has 7 heteroatoms.